The van der Waals surface area contributed by atoms with Crippen LogP contribution in [0.15, 0.2) is 42.5 Å². The molecule has 2 aromatic carbocycles. The third kappa shape index (κ3) is 3.55. The van der Waals surface area contributed by atoms with Crippen LogP contribution in [0.4, 0.5) is 0 Å². The number of rotatable bonds is 5. The van der Waals surface area contributed by atoms with Crippen LogP contribution in [0.5, 0.6) is 0 Å². The second kappa shape index (κ2) is 6.18. The summed E-state index contributed by atoms with van der Waals surface area (Å²) >= 11 is 0. The van der Waals surface area contributed by atoms with E-state index in [-0.39, 0.29) is 0 Å². The Labute approximate surface area is 116 Å². The van der Waals surface area contributed by atoms with Crippen LogP contribution in [0.1, 0.15) is 25.5 Å². The molecule has 0 amide bonds. The molecule has 0 aliphatic heterocycles. The summed E-state index contributed by atoms with van der Waals surface area (Å²) in [7, 11) is 4.28. The van der Waals surface area contributed by atoms with Crippen molar-refractivity contribution in [1.29, 1.82) is 0 Å². The second-order valence-corrected chi connectivity index (χ2v) is 5.65. The highest BCUT2D eigenvalue weighted by Gasteiger charge is 2.14. The smallest absolute Gasteiger partial charge is 0.0467 e. The van der Waals surface area contributed by atoms with Crippen molar-refractivity contribution in [3.8, 4) is 0 Å². The zero-order chi connectivity index (χ0) is 13.8. The molecule has 0 aliphatic rings. The Morgan fingerprint density at radius 2 is 1.68 bits per heavy atom. The summed E-state index contributed by atoms with van der Waals surface area (Å²) in [4.78, 5) is 2.28. The van der Waals surface area contributed by atoms with Crippen LogP contribution in [0.2, 0.25) is 0 Å². The SMILES string of the molecule is CC(C)NCC(c1ccc2ccccc2c1)N(C)C. The van der Waals surface area contributed by atoms with E-state index in [1.54, 1.807) is 0 Å². The van der Waals surface area contributed by atoms with E-state index in [1.807, 2.05) is 0 Å². The zero-order valence-corrected chi connectivity index (χ0v) is 12.4. The van der Waals surface area contributed by atoms with Crippen LogP contribution in [0.3, 0.4) is 0 Å². The van der Waals surface area contributed by atoms with E-state index in [1.165, 1.54) is 16.3 Å². The number of fused-ring (bicyclic) bond motifs is 1. The van der Waals surface area contributed by atoms with Gasteiger partial charge in [-0.1, -0.05) is 50.2 Å². The molecular formula is C17H24N2. The third-order valence-corrected chi connectivity index (χ3v) is 3.50. The van der Waals surface area contributed by atoms with Gasteiger partial charge in [-0.25, -0.2) is 0 Å². The van der Waals surface area contributed by atoms with Crippen molar-refractivity contribution in [2.24, 2.45) is 0 Å². The minimum Gasteiger partial charge on any atom is -0.313 e. The van der Waals surface area contributed by atoms with Gasteiger partial charge in [-0.3, -0.25) is 0 Å². The van der Waals surface area contributed by atoms with Gasteiger partial charge in [0.05, 0.1) is 0 Å². The normalized spacial score (nSPS) is 13.4. The summed E-state index contributed by atoms with van der Waals surface area (Å²) in [5.41, 5.74) is 1.37. The highest BCUT2D eigenvalue weighted by atomic mass is 15.1. The molecule has 0 fully saturated rings. The molecule has 0 saturated carbocycles. The summed E-state index contributed by atoms with van der Waals surface area (Å²) in [5.74, 6) is 0. The summed E-state index contributed by atoms with van der Waals surface area (Å²) in [5, 5.41) is 6.15. The quantitative estimate of drug-likeness (QED) is 0.881. The lowest BCUT2D eigenvalue weighted by molar-refractivity contribution is 0.283. The molecule has 102 valence electrons. The Balaban J connectivity index is 2.28. The molecule has 1 atom stereocenters. The maximum Gasteiger partial charge on any atom is 0.0467 e. The van der Waals surface area contributed by atoms with Crippen LogP contribution in [-0.4, -0.2) is 31.6 Å². The number of benzene rings is 2. The Kier molecular flexibility index (Phi) is 4.56. The summed E-state index contributed by atoms with van der Waals surface area (Å²) in [6.45, 7) is 5.35. The van der Waals surface area contributed by atoms with E-state index in [4.69, 9.17) is 0 Å². The van der Waals surface area contributed by atoms with Gasteiger partial charge in [0.15, 0.2) is 0 Å². The molecule has 0 aliphatic carbocycles. The third-order valence-electron chi connectivity index (χ3n) is 3.50. The molecule has 2 nitrogen and oxygen atoms in total. The standard InChI is InChI=1S/C17H24N2/c1-13(2)18-12-17(19(3)4)16-10-9-14-7-5-6-8-15(14)11-16/h5-11,13,17-18H,12H2,1-4H3. The fourth-order valence-electron chi connectivity index (χ4n) is 2.36. The largest absolute Gasteiger partial charge is 0.313 e. The molecule has 1 unspecified atom stereocenters. The van der Waals surface area contributed by atoms with Crippen molar-refractivity contribution in [2.45, 2.75) is 25.9 Å². The lowest BCUT2D eigenvalue weighted by Gasteiger charge is -2.26. The molecule has 0 aromatic heterocycles. The average molecular weight is 256 g/mol. The Morgan fingerprint density at radius 1 is 1.00 bits per heavy atom. The van der Waals surface area contributed by atoms with E-state index in [9.17, 15) is 0 Å². The summed E-state index contributed by atoms with van der Waals surface area (Å²) in [6, 6.07) is 16.2. The lowest BCUT2D eigenvalue weighted by Crippen LogP contribution is -2.34. The molecule has 0 radical (unpaired) electrons. The zero-order valence-electron chi connectivity index (χ0n) is 12.4. The van der Waals surface area contributed by atoms with E-state index in [0.717, 1.165) is 6.54 Å². The van der Waals surface area contributed by atoms with Crippen LogP contribution in [-0.2, 0) is 0 Å². The predicted molar refractivity (Wildman–Crippen MR) is 83.5 cm³/mol. The van der Waals surface area contributed by atoms with E-state index in [2.05, 4.69) is 80.6 Å². The van der Waals surface area contributed by atoms with Crippen molar-refractivity contribution in [3.05, 3.63) is 48.0 Å². The van der Waals surface area contributed by atoms with Crippen LogP contribution in [0, 0.1) is 0 Å². The molecule has 2 heteroatoms. The van der Waals surface area contributed by atoms with Crippen molar-refractivity contribution in [2.75, 3.05) is 20.6 Å². The molecule has 1 N–H and O–H groups in total. The maximum atomic E-state index is 3.53. The van der Waals surface area contributed by atoms with Gasteiger partial charge < -0.3 is 10.2 Å². The average Bonchev–Trinajstić information content (AvgIpc) is 2.38. The second-order valence-electron chi connectivity index (χ2n) is 5.65. The topological polar surface area (TPSA) is 15.3 Å². The van der Waals surface area contributed by atoms with Crippen LogP contribution < -0.4 is 5.32 Å². The van der Waals surface area contributed by atoms with Gasteiger partial charge in [0, 0.05) is 18.6 Å². The number of nitrogens with one attached hydrogen (secondary N) is 1. The molecule has 0 heterocycles. The molecule has 2 rings (SSSR count). The fourth-order valence-corrected chi connectivity index (χ4v) is 2.36. The Morgan fingerprint density at radius 3 is 2.32 bits per heavy atom. The number of hydrogen-bond donors (Lipinski definition) is 1. The number of nitrogens with zero attached hydrogens (tertiary/aromatic N) is 1. The molecule has 0 bridgehead atoms. The van der Waals surface area contributed by atoms with Gasteiger partial charge >= 0.3 is 0 Å². The molecule has 2 aromatic rings. The predicted octanol–water partition coefficient (Wildman–Crippen LogP) is 3.44. The number of likely N-dealkylation sites (N-methyl/N-ethyl adjacent to an activating group) is 1. The van der Waals surface area contributed by atoms with E-state index >= 15 is 0 Å². The first-order valence-corrected chi connectivity index (χ1v) is 6.96. The van der Waals surface area contributed by atoms with Gasteiger partial charge in [-0.05, 0) is 36.5 Å². The molecule has 19 heavy (non-hydrogen) atoms. The van der Waals surface area contributed by atoms with Crippen molar-refractivity contribution in [1.82, 2.24) is 10.2 Å². The molecular weight excluding hydrogens is 232 g/mol. The lowest BCUT2D eigenvalue weighted by atomic mass is 10.0. The number of hydrogen-bond acceptors (Lipinski definition) is 2. The van der Waals surface area contributed by atoms with Gasteiger partial charge in [-0.15, -0.1) is 0 Å². The summed E-state index contributed by atoms with van der Waals surface area (Å²) < 4.78 is 0. The van der Waals surface area contributed by atoms with E-state index in [0.29, 0.717) is 12.1 Å². The highest BCUT2D eigenvalue weighted by Crippen LogP contribution is 2.23. The highest BCUT2D eigenvalue weighted by molar-refractivity contribution is 5.83. The van der Waals surface area contributed by atoms with Crippen molar-refractivity contribution in [3.63, 3.8) is 0 Å². The van der Waals surface area contributed by atoms with Gasteiger partial charge in [0.1, 0.15) is 0 Å². The minimum atomic E-state index is 0.409. The van der Waals surface area contributed by atoms with Gasteiger partial charge in [-0.2, -0.15) is 0 Å². The van der Waals surface area contributed by atoms with Gasteiger partial charge in [0.2, 0.25) is 0 Å². The van der Waals surface area contributed by atoms with Crippen LogP contribution >= 0.6 is 0 Å². The monoisotopic (exact) mass is 256 g/mol. The first-order chi connectivity index (χ1) is 9.08. The Bertz CT molecular complexity index is 532. The van der Waals surface area contributed by atoms with Gasteiger partial charge in [0.25, 0.3) is 0 Å². The maximum absolute atomic E-state index is 3.53. The Hall–Kier alpha value is -1.38. The minimum absolute atomic E-state index is 0.409. The summed E-state index contributed by atoms with van der Waals surface area (Å²) in [6.07, 6.45) is 0. The fraction of sp³-hybridized carbons (Fsp3) is 0.412. The first-order valence-electron chi connectivity index (χ1n) is 6.96. The van der Waals surface area contributed by atoms with Crippen LogP contribution in [0.25, 0.3) is 10.8 Å². The van der Waals surface area contributed by atoms with Crippen molar-refractivity contribution >= 4 is 10.8 Å². The van der Waals surface area contributed by atoms with E-state index < -0.39 is 0 Å². The molecule has 0 spiro atoms. The first kappa shape index (κ1) is 14.0. The van der Waals surface area contributed by atoms with Crippen molar-refractivity contribution < 1.29 is 0 Å². The molecule has 0 saturated heterocycles.